The van der Waals surface area contributed by atoms with Crippen molar-refractivity contribution >= 4 is 22.8 Å². The van der Waals surface area contributed by atoms with E-state index < -0.39 is 12.0 Å². The van der Waals surface area contributed by atoms with Crippen molar-refractivity contribution in [2.24, 2.45) is 5.92 Å². The number of carboxylic acid groups (broad SMARTS) is 1. The van der Waals surface area contributed by atoms with Crippen LogP contribution >= 0.6 is 0 Å². The van der Waals surface area contributed by atoms with Gasteiger partial charge < -0.3 is 20.5 Å². The number of aromatic amines is 1. The fourth-order valence-corrected chi connectivity index (χ4v) is 2.38. The molecule has 0 fully saturated rings. The molecule has 6 heteroatoms. The fraction of sp³-hybridized carbons (Fsp3) is 0.375. The molecule has 4 N–H and O–H groups in total. The number of benzene rings is 1. The number of H-pyrrole nitrogens is 1. The van der Waals surface area contributed by atoms with Gasteiger partial charge in [-0.25, -0.2) is 4.79 Å². The molecule has 1 amide bonds. The van der Waals surface area contributed by atoms with Crippen LogP contribution in [0.2, 0.25) is 0 Å². The Bertz CT molecular complexity index is 691. The summed E-state index contributed by atoms with van der Waals surface area (Å²) in [6.45, 7) is 3.80. The van der Waals surface area contributed by atoms with Crippen LogP contribution in [0.5, 0.6) is 5.75 Å². The van der Waals surface area contributed by atoms with Crippen molar-refractivity contribution in [3.63, 3.8) is 0 Å². The molecule has 2 aromatic rings. The van der Waals surface area contributed by atoms with Crippen molar-refractivity contribution in [1.82, 2.24) is 10.3 Å². The standard InChI is InChI=1S/C16H20N2O4/c1-9(2)5-15(20)18-14(16(21)22)6-10-8-17-13-4-3-11(19)7-12(10)13/h3-4,7-9,14,17,19H,5-6H2,1-2H3,(H,18,20)(H,21,22)/t14-/m0/s1. The average Bonchev–Trinajstić information content (AvgIpc) is 2.79. The van der Waals surface area contributed by atoms with Crippen LogP contribution in [0.4, 0.5) is 0 Å². The predicted molar refractivity (Wildman–Crippen MR) is 82.7 cm³/mol. The van der Waals surface area contributed by atoms with Gasteiger partial charge in [0, 0.05) is 29.9 Å². The highest BCUT2D eigenvalue weighted by atomic mass is 16.4. The van der Waals surface area contributed by atoms with Crippen LogP contribution in [-0.4, -0.2) is 33.1 Å². The topological polar surface area (TPSA) is 102 Å². The Balaban J connectivity index is 2.18. The Morgan fingerprint density at radius 3 is 2.68 bits per heavy atom. The predicted octanol–water partition coefficient (Wildman–Crippen LogP) is 2.03. The Kier molecular flexibility index (Phi) is 4.70. The minimum atomic E-state index is -1.08. The molecule has 0 aliphatic carbocycles. The maximum Gasteiger partial charge on any atom is 0.326 e. The van der Waals surface area contributed by atoms with Crippen molar-refractivity contribution in [3.05, 3.63) is 30.0 Å². The van der Waals surface area contributed by atoms with Crippen molar-refractivity contribution in [2.45, 2.75) is 32.7 Å². The van der Waals surface area contributed by atoms with Crippen molar-refractivity contribution in [1.29, 1.82) is 0 Å². The SMILES string of the molecule is CC(C)CC(=O)N[C@@H](Cc1c[nH]c2ccc(O)cc12)C(=O)O. The minimum absolute atomic E-state index is 0.115. The van der Waals surface area contributed by atoms with Gasteiger partial charge in [0.2, 0.25) is 5.91 Å². The number of phenols is 1. The highest BCUT2D eigenvalue weighted by Crippen LogP contribution is 2.24. The summed E-state index contributed by atoms with van der Waals surface area (Å²) in [4.78, 5) is 26.2. The van der Waals surface area contributed by atoms with E-state index in [2.05, 4.69) is 10.3 Å². The molecule has 118 valence electrons. The minimum Gasteiger partial charge on any atom is -0.508 e. The van der Waals surface area contributed by atoms with E-state index in [-0.39, 0.29) is 24.0 Å². The molecule has 2 rings (SSSR count). The lowest BCUT2D eigenvalue weighted by Gasteiger charge is -2.15. The third-order valence-electron chi connectivity index (χ3n) is 3.40. The van der Waals surface area contributed by atoms with Crippen LogP contribution in [0.15, 0.2) is 24.4 Å². The van der Waals surface area contributed by atoms with Gasteiger partial charge in [0.15, 0.2) is 0 Å². The number of amides is 1. The van der Waals surface area contributed by atoms with Gasteiger partial charge >= 0.3 is 5.97 Å². The van der Waals surface area contributed by atoms with E-state index in [1.807, 2.05) is 13.8 Å². The summed E-state index contributed by atoms with van der Waals surface area (Å²) in [7, 11) is 0. The van der Waals surface area contributed by atoms with Gasteiger partial charge in [-0.3, -0.25) is 4.79 Å². The molecule has 1 heterocycles. The van der Waals surface area contributed by atoms with Gasteiger partial charge in [0.05, 0.1) is 0 Å². The van der Waals surface area contributed by atoms with Crippen LogP contribution < -0.4 is 5.32 Å². The maximum absolute atomic E-state index is 11.8. The molecule has 0 spiro atoms. The van der Waals surface area contributed by atoms with Gasteiger partial charge in [0.25, 0.3) is 0 Å². The summed E-state index contributed by atoms with van der Waals surface area (Å²) in [6, 6.07) is 3.87. The van der Waals surface area contributed by atoms with Gasteiger partial charge in [-0.2, -0.15) is 0 Å². The van der Waals surface area contributed by atoms with E-state index in [1.54, 1.807) is 24.4 Å². The summed E-state index contributed by atoms with van der Waals surface area (Å²) in [5.74, 6) is -1.07. The van der Waals surface area contributed by atoms with Gasteiger partial charge in [-0.15, -0.1) is 0 Å². The zero-order valence-corrected chi connectivity index (χ0v) is 12.6. The van der Waals surface area contributed by atoms with Gasteiger partial charge in [-0.1, -0.05) is 13.8 Å². The number of hydrogen-bond donors (Lipinski definition) is 4. The van der Waals surface area contributed by atoms with Crippen molar-refractivity contribution in [3.8, 4) is 5.75 Å². The molecular formula is C16H20N2O4. The maximum atomic E-state index is 11.8. The third-order valence-corrected chi connectivity index (χ3v) is 3.40. The summed E-state index contributed by atoms with van der Waals surface area (Å²) < 4.78 is 0. The first-order valence-electron chi connectivity index (χ1n) is 7.18. The second kappa shape index (κ2) is 6.51. The molecule has 0 saturated heterocycles. The lowest BCUT2D eigenvalue weighted by Crippen LogP contribution is -2.42. The smallest absolute Gasteiger partial charge is 0.326 e. The van der Waals surface area contributed by atoms with E-state index in [0.717, 1.165) is 16.5 Å². The summed E-state index contributed by atoms with van der Waals surface area (Å²) in [5, 5.41) is 22.2. The highest BCUT2D eigenvalue weighted by Gasteiger charge is 2.22. The summed E-state index contributed by atoms with van der Waals surface area (Å²) >= 11 is 0. The second-order valence-electron chi connectivity index (χ2n) is 5.80. The number of aromatic nitrogens is 1. The number of rotatable bonds is 6. The molecule has 6 nitrogen and oxygen atoms in total. The van der Waals surface area contributed by atoms with Crippen molar-refractivity contribution < 1.29 is 19.8 Å². The van der Waals surface area contributed by atoms with Crippen LogP contribution in [0.3, 0.4) is 0 Å². The molecule has 0 bridgehead atoms. The van der Waals surface area contributed by atoms with E-state index in [4.69, 9.17) is 0 Å². The van der Waals surface area contributed by atoms with E-state index in [0.29, 0.717) is 6.42 Å². The number of nitrogens with one attached hydrogen (secondary N) is 2. The summed E-state index contributed by atoms with van der Waals surface area (Å²) in [6.07, 6.45) is 2.15. The number of carboxylic acids is 1. The quantitative estimate of drug-likeness (QED) is 0.655. The molecular weight excluding hydrogens is 284 g/mol. The monoisotopic (exact) mass is 304 g/mol. The normalized spacial score (nSPS) is 12.5. The first-order chi connectivity index (χ1) is 10.4. The van der Waals surface area contributed by atoms with Gasteiger partial charge in [0.1, 0.15) is 11.8 Å². The Hall–Kier alpha value is -2.50. The number of hydrogen-bond acceptors (Lipinski definition) is 3. The lowest BCUT2D eigenvalue weighted by molar-refractivity contribution is -0.141. The van der Waals surface area contributed by atoms with E-state index in [1.165, 1.54) is 0 Å². The number of fused-ring (bicyclic) bond motifs is 1. The van der Waals surface area contributed by atoms with E-state index >= 15 is 0 Å². The van der Waals surface area contributed by atoms with E-state index in [9.17, 15) is 19.8 Å². The molecule has 1 atom stereocenters. The number of carbonyl (C=O) groups is 2. The van der Waals surface area contributed by atoms with Crippen LogP contribution in [0.1, 0.15) is 25.8 Å². The number of phenolic OH excluding ortho intramolecular Hbond substituents is 1. The molecule has 0 saturated carbocycles. The number of aromatic hydroxyl groups is 1. The molecule has 1 aromatic carbocycles. The Labute approximate surface area is 128 Å². The number of carbonyl (C=O) groups excluding carboxylic acids is 1. The second-order valence-corrected chi connectivity index (χ2v) is 5.80. The molecule has 0 aliphatic heterocycles. The molecule has 0 radical (unpaired) electrons. The van der Waals surface area contributed by atoms with Gasteiger partial charge in [-0.05, 0) is 29.7 Å². The van der Waals surface area contributed by atoms with Crippen molar-refractivity contribution in [2.75, 3.05) is 0 Å². The first kappa shape index (κ1) is 15.9. The number of aliphatic carboxylic acids is 1. The zero-order chi connectivity index (χ0) is 16.3. The first-order valence-corrected chi connectivity index (χ1v) is 7.18. The Morgan fingerprint density at radius 2 is 2.05 bits per heavy atom. The summed E-state index contributed by atoms with van der Waals surface area (Å²) in [5.41, 5.74) is 1.55. The average molecular weight is 304 g/mol. The van der Waals surface area contributed by atoms with Crippen LogP contribution in [-0.2, 0) is 16.0 Å². The van der Waals surface area contributed by atoms with Crippen LogP contribution in [0, 0.1) is 5.92 Å². The Morgan fingerprint density at radius 1 is 1.32 bits per heavy atom. The molecule has 1 aromatic heterocycles. The highest BCUT2D eigenvalue weighted by molar-refractivity contribution is 5.87. The molecule has 0 aliphatic rings. The molecule has 22 heavy (non-hydrogen) atoms. The zero-order valence-electron chi connectivity index (χ0n) is 12.6. The third kappa shape index (κ3) is 3.78. The molecule has 0 unspecified atom stereocenters. The largest absolute Gasteiger partial charge is 0.508 e. The fourth-order valence-electron chi connectivity index (χ4n) is 2.38. The lowest BCUT2D eigenvalue weighted by atomic mass is 10.0. The van der Waals surface area contributed by atoms with Crippen LogP contribution in [0.25, 0.3) is 10.9 Å².